The molecule has 2 atom stereocenters. The fourth-order valence-electron chi connectivity index (χ4n) is 3.66. The highest BCUT2D eigenvalue weighted by Crippen LogP contribution is 2.40. The number of hydrogen-bond acceptors (Lipinski definition) is 4. The maximum Gasteiger partial charge on any atom is 0.303 e. The zero-order chi connectivity index (χ0) is 14.3. The van der Waals surface area contributed by atoms with Gasteiger partial charge in [-0.25, -0.2) is 4.98 Å². The van der Waals surface area contributed by atoms with E-state index < -0.39 is 5.97 Å². The van der Waals surface area contributed by atoms with E-state index in [2.05, 4.69) is 4.98 Å². The van der Waals surface area contributed by atoms with Gasteiger partial charge in [-0.1, -0.05) is 0 Å². The fourth-order valence-corrected chi connectivity index (χ4v) is 3.66. The third kappa shape index (κ3) is 2.19. The number of fused-ring (bicyclic) bond motifs is 2. The first-order valence-corrected chi connectivity index (χ1v) is 7.00. The Bertz CT molecular complexity index is 525. The van der Waals surface area contributed by atoms with Crippen LogP contribution in [0.3, 0.4) is 0 Å². The zero-order valence-electron chi connectivity index (χ0n) is 11.4. The van der Waals surface area contributed by atoms with Gasteiger partial charge in [0.25, 0.3) is 5.91 Å². The van der Waals surface area contributed by atoms with Crippen molar-refractivity contribution >= 4 is 11.9 Å². The number of rotatable bonds is 3. The van der Waals surface area contributed by atoms with Crippen molar-refractivity contribution in [3.63, 3.8) is 0 Å². The van der Waals surface area contributed by atoms with Gasteiger partial charge in [-0.3, -0.25) is 9.59 Å². The predicted octanol–water partition coefficient (Wildman–Crippen LogP) is 1.84. The van der Waals surface area contributed by atoms with Gasteiger partial charge in [0, 0.05) is 18.5 Å². The Balaban J connectivity index is 1.76. The fraction of sp³-hybridized carbons (Fsp3) is 0.643. The number of oxazole rings is 1. The summed E-state index contributed by atoms with van der Waals surface area (Å²) < 4.78 is 5.20. The summed E-state index contributed by atoms with van der Waals surface area (Å²) in [7, 11) is 0. The summed E-state index contributed by atoms with van der Waals surface area (Å²) >= 11 is 0. The van der Waals surface area contributed by atoms with Gasteiger partial charge in [0.2, 0.25) is 5.76 Å². The highest BCUT2D eigenvalue weighted by atomic mass is 16.4. The van der Waals surface area contributed by atoms with Crippen LogP contribution < -0.4 is 0 Å². The molecule has 3 rings (SSSR count). The molecule has 108 valence electrons. The van der Waals surface area contributed by atoms with Gasteiger partial charge in [-0.05, 0) is 38.5 Å². The highest BCUT2D eigenvalue weighted by Gasteiger charge is 2.44. The standard InChI is InChI=1S/C14H18N2O4/c1-8-13(20-7-15-8)14(19)16-10-2-3-11(16)5-9(4-10)6-12(17)18/h7,9-11H,2-6H2,1H3,(H,17,18). The number of aryl methyl sites for hydroxylation is 1. The Kier molecular flexibility index (Phi) is 3.23. The zero-order valence-corrected chi connectivity index (χ0v) is 11.4. The molecule has 20 heavy (non-hydrogen) atoms. The van der Waals surface area contributed by atoms with Crippen molar-refractivity contribution in [2.75, 3.05) is 0 Å². The van der Waals surface area contributed by atoms with Gasteiger partial charge in [0.05, 0.1) is 5.69 Å². The molecule has 1 aromatic heterocycles. The number of hydrogen-bond donors (Lipinski definition) is 1. The molecule has 2 bridgehead atoms. The number of aliphatic carboxylic acids is 1. The summed E-state index contributed by atoms with van der Waals surface area (Å²) in [5, 5.41) is 8.92. The molecule has 2 fully saturated rings. The molecule has 2 aliphatic rings. The molecule has 3 heterocycles. The summed E-state index contributed by atoms with van der Waals surface area (Å²) in [5.41, 5.74) is 0.613. The van der Waals surface area contributed by atoms with E-state index in [4.69, 9.17) is 9.52 Å². The topological polar surface area (TPSA) is 83.6 Å². The van der Waals surface area contributed by atoms with Crippen LogP contribution >= 0.6 is 0 Å². The van der Waals surface area contributed by atoms with Crippen molar-refractivity contribution < 1.29 is 19.1 Å². The lowest BCUT2D eigenvalue weighted by molar-refractivity contribution is -0.138. The van der Waals surface area contributed by atoms with Crippen LogP contribution in [-0.4, -0.2) is 39.0 Å². The average Bonchev–Trinajstić information content (AvgIpc) is 2.90. The molecule has 0 aromatic carbocycles. The molecule has 0 radical (unpaired) electrons. The first kappa shape index (κ1) is 13.1. The summed E-state index contributed by atoms with van der Waals surface area (Å²) in [6.07, 6.45) is 4.97. The van der Waals surface area contributed by atoms with Crippen LogP contribution in [0.15, 0.2) is 10.8 Å². The third-order valence-corrected chi connectivity index (χ3v) is 4.47. The van der Waals surface area contributed by atoms with E-state index in [1.54, 1.807) is 6.92 Å². The number of amides is 1. The number of carbonyl (C=O) groups excluding carboxylic acids is 1. The lowest BCUT2D eigenvalue weighted by Gasteiger charge is -2.38. The van der Waals surface area contributed by atoms with Crippen molar-refractivity contribution in [2.45, 2.75) is 51.1 Å². The molecule has 2 saturated heterocycles. The van der Waals surface area contributed by atoms with Crippen LogP contribution in [0.4, 0.5) is 0 Å². The summed E-state index contributed by atoms with van der Waals surface area (Å²) in [4.78, 5) is 29.3. The Morgan fingerprint density at radius 2 is 2.05 bits per heavy atom. The van der Waals surface area contributed by atoms with Crippen LogP contribution in [0.2, 0.25) is 0 Å². The minimum absolute atomic E-state index is 0.0960. The normalized spacial score (nSPS) is 28.6. The molecule has 6 heteroatoms. The second kappa shape index (κ2) is 4.92. The maximum absolute atomic E-state index is 12.5. The van der Waals surface area contributed by atoms with Crippen molar-refractivity contribution in [3.05, 3.63) is 17.8 Å². The van der Waals surface area contributed by atoms with E-state index in [0.29, 0.717) is 11.5 Å². The molecule has 1 amide bonds. The van der Waals surface area contributed by atoms with Gasteiger partial charge >= 0.3 is 5.97 Å². The minimum Gasteiger partial charge on any atom is -0.481 e. The van der Waals surface area contributed by atoms with E-state index in [1.165, 1.54) is 6.39 Å². The second-order valence-electron chi connectivity index (χ2n) is 5.80. The third-order valence-electron chi connectivity index (χ3n) is 4.47. The first-order valence-electron chi connectivity index (χ1n) is 7.00. The van der Waals surface area contributed by atoms with E-state index in [-0.39, 0.29) is 30.3 Å². The largest absolute Gasteiger partial charge is 0.481 e. The second-order valence-corrected chi connectivity index (χ2v) is 5.80. The monoisotopic (exact) mass is 278 g/mol. The highest BCUT2D eigenvalue weighted by molar-refractivity contribution is 5.93. The van der Waals surface area contributed by atoms with E-state index in [1.807, 2.05) is 4.90 Å². The quantitative estimate of drug-likeness (QED) is 0.912. The van der Waals surface area contributed by atoms with Crippen LogP contribution in [0.25, 0.3) is 0 Å². The summed E-state index contributed by atoms with van der Waals surface area (Å²) in [6.45, 7) is 1.76. The molecule has 0 saturated carbocycles. The molecular formula is C14H18N2O4. The molecule has 2 aliphatic heterocycles. The summed E-state index contributed by atoms with van der Waals surface area (Å²) in [5.74, 6) is -0.343. The number of carboxylic acid groups (broad SMARTS) is 1. The smallest absolute Gasteiger partial charge is 0.303 e. The van der Waals surface area contributed by atoms with E-state index >= 15 is 0 Å². The molecule has 1 N–H and O–H groups in total. The lowest BCUT2D eigenvalue weighted by Crippen LogP contribution is -2.46. The molecule has 1 aromatic rings. The van der Waals surface area contributed by atoms with Crippen LogP contribution in [-0.2, 0) is 4.79 Å². The number of carbonyl (C=O) groups is 2. The van der Waals surface area contributed by atoms with E-state index in [9.17, 15) is 9.59 Å². The van der Waals surface area contributed by atoms with Gasteiger partial charge in [0.1, 0.15) is 0 Å². The van der Waals surface area contributed by atoms with Crippen LogP contribution in [0, 0.1) is 12.8 Å². The van der Waals surface area contributed by atoms with Gasteiger partial charge in [0.15, 0.2) is 6.39 Å². The molecule has 2 unspecified atom stereocenters. The molecular weight excluding hydrogens is 260 g/mol. The SMILES string of the molecule is Cc1ncoc1C(=O)N1C2CCC1CC(CC(=O)O)C2. The number of nitrogens with zero attached hydrogens (tertiary/aromatic N) is 2. The number of carboxylic acids is 1. The lowest BCUT2D eigenvalue weighted by atomic mass is 9.88. The molecule has 0 aliphatic carbocycles. The van der Waals surface area contributed by atoms with Gasteiger partial charge in [-0.2, -0.15) is 0 Å². The molecule has 6 nitrogen and oxygen atoms in total. The minimum atomic E-state index is -0.750. The maximum atomic E-state index is 12.5. The van der Waals surface area contributed by atoms with Crippen LogP contribution in [0.5, 0.6) is 0 Å². The van der Waals surface area contributed by atoms with Crippen molar-refractivity contribution in [2.24, 2.45) is 5.92 Å². The Hall–Kier alpha value is -1.85. The average molecular weight is 278 g/mol. The molecule has 0 spiro atoms. The van der Waals surface area contributed by atoms with Gasteiger partial charge in [-0.15, -0.1) is 0 Å². The van der Waals surface area contributed by atoms with E-state index in [0.717, 1.165) is 25.7 Å². The number of aromatic nitrogens is 1. The first-order chi connectivity index (χ1) is 9.56. The Morgan fingerprint density at radius 1 is 1.40 bits per heavy atom. The Morgan fingerprint density at radius 3 is 2.55 bits per heavy atom. The Labute approximate surface area is 116 Å². The number of piperidine rings is 1. The predicted molar refractivity (Wildman–Crippen MR) is 69.2 cm³/mol. The van der Waals surface area contributed by atoms with Crippen molar-refractivity contribution in [1.82, 2.24) is 9.88 Å². The van der Waals surface area contributed by atoms with Crippen molar-refractivity contribution in [3.8, 4) is 0 Å². The van der Waals surface area contributed by atoms with Crippen molar-refractivity contribution in [1.29, 1.82) is 0 Å². The van der Waals surface area contributed by atoms with Gasteiger partial charge < -0.3 is 14.4 Å². The van der Waals surface area contributed by atoms with Crippen LogP contribution in [0.1, 0.15) is 48.4 Å². The summed E-state index contributed by atoms with van der Waals surface area (Å²) in [6, 6.07) is 0.296.